The summed E-state index contributed by atoms with van der Waals surface area (Å²) in [6, 6.07) is 20.7. The fourth-order valence-corrected chi connectivity index (χ4v) is 4.21. The third-order valence-corrected chi connectivity index (χ3v) is 5.80. The molecule has 0 unspecified atom stereocenters. The fraction of sp³-hybridized carbons (Fsp3) is 0.0833. The van der Waals surface area contributed by atoms with Crippen LogP contribution in [0.1, 0.15) is 16.7 Å². The van der Waals surface area contributed by atoms with Crippen LogP contribution in [0, 0.1) is 6.92 Å². The number of benzene rings is 2. The minimum absolute atomic E-state index is 0.673. The molecular weight excluding hydrogens is 404 g/mol. The highest BCUT2D eigenvalue weighted by Gasteiger charge is 2.11. The number of fused-ring (bicyclic) bond motifs is 1. The summed E-state index contributed by atoms with van der Waals surface area (Å²) in [5.74, 6) is 0.758. The molecule has 0 saturated heterocycles. The van der Waals surface area contributed by atoms with Crippen molar-refractivity contribution in [1.29, 1.82) is 0 Å². The van der Waals surface area contributed by atoms with Crippen molar-refractivity contribution in [2.24, 2.45) is 0 Å². The molecule has 5 rings (SSSR count). The second kappa shape index (κ2) is 8.49. The van der Waals surface area contributed by atoms with Crippen LogP contribution >= 0.6 is 11.3 Å². The van der Waals surface area contributed by atoms with E-state index in [1.54, 1.807) is 0 Å². The van der Waals surface area contributed by atoms with Gasteiger partial charge in [0.2, 0.25) is 0 Å². The van der Waals surface area contributed by atoms with Gasteiger partial charge in [0.1, 0.15) is 11.0 Å². The van der Waals surface area contributed by atoms with Crippen LogP contribution in [0.5, 0.6) is 0 Å². The number of aromatic nitrogens is 4. The lowest BCUT2D eigenvalue weighted by molar-refractivity contribution is 1.16. The van der Waals surface area contributed by atoms with Crippen molar-refractivity contribution in [2.45, 2.75) is 13.3 Å². The number of pyridine rings is 1. The summed E-state index contributed by atoms with van der Waals surface area (Å²) in [5, 5.41) is 7.55. The molecule has 0 radical (unpaired) electrons. The van der Waals surface area contributed by atoms with Crippen LogP contribution in [0.25, 0.3) is 10.3 Å². The molecule has 0 aliphatic carbocycles. The number of hydrogen-bond donors (Lipinski definition) is 2. The molecular formula is C24H20N6S. The van der Waals surface area contributed by atoms with E-state index in [4.69, 9.17) is 0 Å². The predicted octanol–water partition coefficient (Wildman–Crippen LogP) is 5.87. The molecule has 5 aromatic rings. The minimum atomic E-state index is 0.673. The summed E-state index contributed by atoms with van der Waals surface area (Å²) in [7, 11) is 0. The maximum absolute atomic E-state index is 4.63. The van der Waals surface area contributed by atoms with Gasteiger partial charge in [-0.1, -0.05) is 35.6 Å². The number of thiazole rings is 1. The summed E-state index contributed by atoms with van der Waals surface area (Å²) in [5.41, 5.74) is 6.33. The maximum atomic E-state index is 4.63. The molecule has 152 valence electrons. The number of aryl methyl sites for hydroxylation is 1. The van der Waals surface area contributed by atoms with Gasteiger partial charge in [-0.2, -0.15) is 4.98 Å². The quantitative estimate of drug-likeness (QED) is 0.355. The average Bonchev–Trinajstić information content (AvgIpc) is 3.19. The van der Waals surface area contributed by atoms with E-state index in [1.165, 1.54) is 34.4 Å². The van der Waals surface area contributed by atoms with Crippen molar-refractivity contribution in [3.05, 3.63) is 96.1 Å². The molecule has 3 aromatic heterocycles. The number of rotatable bonds is 6. The Morgan fingerprint density at radius 2 is 1.65 bits per heavy atom. The van der Waals surface area contributed by atoms with Gasteiger partial charge in [-0.05, 0) is 66.4 Å². The van der Waals surface area contributed by atoms with Crippen LogP contribution in [-0.4, -0.2) is 19.9 Å². The van der Waals surface area contributed by atoms with Gasteiger partial charge >= 0.3 is 0 Å². The van der Waals surface area contributed by atoms with Crippen molar-refractivity contribution in [1.82, 2.24) is 19.9 Å². The Kier molecular flexibility index (Phi) is 5.24. The van der Waals surface area contributed by atoms with Crippen LogP contribution in [0.15, 0.2) is 79.4 Å². The first kappa shape index (κ1) is 19.1. The molecule has 2 N–H and O–H groups in total. The summed E-state index contributed by atoms with van der Waals surface area (Å²) in [4.78, 5) is 17.4. The Morgan fingerprint density at radius 3 is 2.45 bits per heavy atom. The Labute approximate surface area is 184 Å². The zero-order valence-electron chi connectivity index (χ0n) is 16.9. The van der Waals surface area contributed by atoms with Gasteiger partial charge in [-0.25, -0.2) is 9.97 Å². The number of anilines is 4. The topological polar surface area (TPSA) is 75.6 Å². The molecule has 6 nitrogen and oxygen atoms in total. The van der Waals surface area contributed by atoms with Crippen molar-refractivity contribution < 1.29 is 0 Å². The molecule has 2 aromatic carbocycles. The maximum Gasteiger partial charge on any atom is 0.189 e. The van der Waals surface area contributed by atoms with Crippen LogP contribution < -0.4 is 10.6 Å². The Hall–Kier alpha value is -3.84. The Morgan fingerprint density at radius 1 is 0.839 bits per heavy atom. The fourth-order valence-electron chi connectivity index (χ4n) is 3.32. The van der Waals surface area contributed by atoms with E-state index in [0.29, 0.717) is 5.65 Å². The molecule has 0 bridgehead atoms. The van der Waals surface area contributed by atoms with Crippen molar-refractivity contribution in [3.63, 3.8) is 0 Å². The summed E-state index contributed by atoms with van der Waals surface area (Å²) in [6.45, 7) is 2.07. The third-order valence-electron chi connectivity index (χ3n) is 4.83. The van der Waals surface area contributed by atoms with Gasteiger partial charge in [-0.15, -0.1) is 0 Å². The predicted molar refractivity (Wildman–Crippen MR) is 126 cm³/mol. The largest absolute Gasteiger partial charge is 0.339 e. The molecule has 0 spiro atoms. The lowest BCUT2D eigenvalue weighted by Gasteiger charge is -2.06. The normalized spacial score (nSPS) is 10.9. The van der Waals surface area contributed by atoms with Gasteiger partial charge in [-0.3, -0.25) is 4.98 Å². The molecule has 0 amide bonds. The number of nitrogens with one attached hydrogen (secondary N) is 2. The molecule has 31 heavy (non-hydrogen) atoms. The first-order chi connectivity index (χ1) is 15.2. The van der Waals surface area contributed by atoms with Crippen LogP contribution in [0.2, 0.25) is 0 Å². The monoisotopic (exact) mass is 424 g/mol. The summed E-state index contributed by atoms with van der Waals surface area (Å²) < 4.78 is 0.917. The summed E-state index contributed by atoms with van der Waals surface area (Å²) in [6.07, 6.45) is 6.07. The Bertz CT molecular complexity index is 1320. The highest BCUT2D eigenvalue weighted by molar-refractivity contribution is 7.22. The van der Waals surface area contributed by atoms with Gasteiger partial charge in [0.25, 0.3) is 0 Å². The molecule has 0 atom stereocenters. The van der Waals surface area contributed by atoms with E-state index in [0.717, 1.165) is 33.4 Å². The SMILES string of the molecule is Cc1cccc(Nc2ncnc3nc(Nc4ccc(Cc5ccncc5)cc4)sc23)c1. The van der Waals surface area contributed by atoms with Gasteiger partial charge in [0, 0.05) is 23.8 Å². The average molecular weight is 425 g/mol. The Balaban J connectivity index is 1.34. The van der Waals surface area contributed by atoms with E-state index < -0.39 is 0 Å². The van der Waals surface area contributed by atoms with Crippen molar-refractivity contribution in [2.75, 3.05) is 10.6 Å². The lowest BCUT2D eigenvalue weighted by atomic mass is 10.1. The highest BCUT2D eigenvalue weighted by Crippen LogP contribution is 2.32. The smallest absolute Gasteiger partial charge is 0.189 e. The van der Waals surface area contributed by atoms with Crippen LogP contribution in [-0.2, 0) is 6.42 Å². The molecule has 3 heterocycles. The first-order valence-electron chi connectivity index (χ1n) is 9.93. The third kappa shape index (κ3) is 4.51. The van der Waals surface area contributed by atoms with Crippen molar-refractivity contribution in [3.8, 4) is 0 Å². The van der Waals surface area contributed by atoms with E-state index in [2.05, 4.69) is 73.9 Å². The molecule has 0 aliphatic rings. The van der Waals surface area contributed by atoms with Gasteiger partial charge < -0.3 is 10.6 Å². The standard InChI is InChI=1S/C24H20N6S/c1-16-3-2-4-20(13-16)28-22-21-23(27-15-26-22)30-24(31-21)29-19-7-5-17(6-8-19)14-18-9-11-25-12-10-18/h2-13,15H,14H2,1H3,(H2,26,27,28,29,30). The second-order valence-electron chi connectivity index (χ2n) is 7.24. The van der Waals surface area contributed by atoms with Gasteiger partial charge in [0.15, 0.2) is 16.6 Å². The molecule has 0 aliphatic heterocycles. The molecule has 7 heteroatoms. The van der Waals surface area contributed by atoms with E-state index in [9.17, 15) is 0 Å². The van der Waals surface area contributed by atoms with Crippen molar-refractivity contribution >= 4 is 44.0 Å². The van der Waals surface area contributed by atoms with Crippen LogP contribution in [0.3, 0.4) is 0 Å². The van der Waals surface area contributed by atoms with Crippen LogP contribution in [0.4, 0.5) is 22.3 Å². The molecule has 0 fully saturated rings. The second-order valence-corrected chi connectivity index (χ2v) is 8.24. The van der Waals surface area contributed by atoms with Gasteiger partial charge in [0.05, 0.1) is 0 Å². The number of nitrogens with zero attached hydrogens (tertiary/aromatic N) is 4. The minimum Gasteiger partial charge on any atom is -0.339 e. The molecule has 0 saturated carbocycles. The zero-order valence-corrected chi connectivity index (χ0v) is 17.7. The zero-order chi connectivity index (χ0) is 21.0. The lowest BCUT2D eigenvalue weighted by Crippen LogP contribution is -1.94. The number of hydrogen-bond acceptors (Lipinski definition) is 7. The highest BCUT2D eigenvalue weighted by atomic mass is 32.1. The summed E-state index contributed by atoms with van der Waals surface area (Å²) >= 11 is 1.53. The van der Waals surface area contributed by atoms with E-state index in [-0.39, 0.29) is 0 Å². The first-order valence-corrected chi connectivity index (χ1v) is 10.7. The van der Waals surface area contributed by atoms with E-state index >= 15 is 0 Å². The van der Waals surface area contributed by atoms with E-state index in [1.807, 2.05) is 36.7 Å².